The molecule has 0 amide bonds. The Kier molecular flexibility index (Phi) is 4.75. The van der Waals surface area contributed by atoms with E-state index in [1.165, 1.54) is 0 Å². The standard InChI is InChI=1S/C20H23N5O2/c1-4-7-19-23-18(24-27-19)11-25(3)20-15-10-14-8-5-6-9-17(14)26-12-16(15)21-13(2)22-20/h5-6,8-9H,4,7,10-12H2,1-3H3. The molecule has 0 bridgehead atoms. The van der Waals surface area contributed by atoms with Gasteiger partial charge in [-0.1, -0.05) is 30.3 Å². The lowest BCUT2D eigenvalue weighted by Crippen LogP contribution is -2.22. The summed E-state index contributed by atoms with van der Waals surface area (Å²) in [5.41, 5.74) is 3.16. The second kappa shape index (κ2) is 7.34. The van der Waals surface area contributed by atoms with Crippen LogP contribution in [-0.2, 0) is 26.0 Å². The zero-order valence-electron chi connectivity index (χ0n) is 15.9. The van der Waals surface area contributed by atoms with Gasteiger partial charge in [-0.25, -0.2) is 9.97 Å². The molecule has 7 heteroatoms. The minimum absolute atomic E-state index is 0.444. The molecule has 1 aromatic carbocycles. The molecule has 0 saturated carbocycles. The van der Waals surface area contributed by atoms with Crippen molar-refractivity contribution >= 4 is 5.82 Å². The van der Waals surface area contributed by atoms with Crippen LogP contribution in [0.25, 0.3) is 0 Å². The Morgan fingerprint density at radius 3 is 2.85 bits per heavy atom. The maximum absolute atomic E-state index is 5.96. The molecule has 0 fully saturated rings. The number of nitrogens with zero attached hydrogens (tertiary/aromatic N) is 5. The number of benzene rings is 1. The topological polar surface area (TPSA) is 77.2 Å². The average molecular weight is 365 g/mol. The molecule has 4 rings (SSSR count). The first-order chi connectivity index (χ1) is 13.1. The summed E-state index contributed by atoms with van der Waals surface area (Å²) < 4.78 is 11.3. The van der Waals surface area contributed by atoms with Crippen LogP contribution in [0.15, 0.2) is 28.8 Å². The maximum Gasteiger partial charge on any atom is 0.226 e. The van der Waals surface area contributed by atoms with Gasteiger partial charge in [-0.05, 0) is 25.0 Å². The second-order valence-corrected chi connectivity index (χ2v) is 6.80. The van der Waals surface area contributed by atoms with Crippen molar-refractivity contribution in [2.45, 2.75) is 46.3 Å². The molecule has 1 aliphatic heterocycles. The molecule has 7 nitrogen and oxygen atoms in total. The first-order valence-electron chi connectivity index (χ1n) is 9.23. The number of para-hydroxylation sites is 1. The molecule has 0 atom stereocenters. The molecule has 0 spiro atoms. The second-order valence-electron chi connectivity index (χ2n) is 6.80. The van der Waals surface area contributed by atoms with Crippen LogP contribution >= 0.6 is 0 Å². The van der Waals surface area contributed by atoms with Crippen molar-refractivity contribution in [3.05, 3.63) is 58.6 Å². The Bertz CT molecular complexity index is 953. The van der Waals surface area contributed by atoms with E-state index in [2.05, 4.69) is 33.0 Å². The summed E-state index contributed by atoms with van der Waals surface area (Å²) in [6.07, 6.45) is 2.52. The summed E-state index contributed by atoms with van der Waals surface area (Å²) in [5.74, 6) is 3.87. The number of anilines is 1. The zero-order valence-corrected chi connectivity index (χ0v) is 15.9. The van der Waals surface area contributed by atoms with Gasteiger partial charge in [-0.15, -0.1) is 0 Å². The molecular weight excluding hydrogens is 342 g/mol. The van der Waals surface area contributed by atoms with Crippen molar-refractivity contribution in [2.24, 2.45) is 0 Å². The normalized spacial score (nSPS) is 12.7. The summed E-state index contributed by atoms with van der Waals surface area (Å²) >= 11 is 0. The van der Waals surface area contributed by atoms with E-state index < -0.39 is 0 Å². The van der Waals surface area contributed by atoms with Gasteiger partial charge < -0.3 is 14.2 Å². The van der Waals surface area contributed by atoms with Crippen molar-refractivity contribution in [3.8, 4) is 5.75 Å². The number of fused-ring (bicyclic) bond motifs is 2. The maximum atomic E-state index is 5.96. The van der Waals surface area contributed by atoms with E-state index >= 15 is 0 Å². The highest BCUT2D eigenvalue weighted by molar-refractivity contribution is 5.53. The van der Waals surface area contributed by atoms with Crippen LogP contribution in [0.3, 0.4) is 0 Å². The first-order valence-corrected chi connectivity index (χ1v) is 9.23. The Labute approximate surface area is 158 Å². The van der Waals surface area contributed by atoms with E-state index in [9.17, 15) is 0 Å². The van der Waals surface area contributed by atoms with Crippen molar-refractivity contribution in [2.75, 3.05) is 11.9 Å². The quantitative estimate of drug-likeness (QED) is 0.687. The number of hydrogen-bond donors (Lipinski definition) is 0. The number of aryl methyl sites for hydroxylation is 2. The Balaban J connectivity index is 1.65. The van der Waals surface area contributed by atoms with Gasteiger partial charge in [-0.2, -0.15) is 4.98 Å². The van der Waals surface area contributed by atoms with Gasteiger partial charge in [0.05, 0.1) is 12.2 Å². The Morgan fingerprint density at radius 2 is 2.00 bits per heavy atom. The SMILES string of the molecule is CCCc1nc(CN(C)c2nc(C)nc3c2Cc2ccccc2OC3)no1. The lowest BCUT2D eigenvalue weighted by atomic mass is 10.0. The Hall–Kier alpha value is -2.96. The van der Waals surface area contributed by atoms with Crippen molar-refractivity contribution in [1.29, 1.82) is 0 Å². The highest BCUT2D eigenvalue weighted by Crippen LogP contribution is 2.32. The molecular formula is C20H23N5O2. The minimum Gasteiger partial charge on any atom is -0.487 e. The number of aromatic nitrogens is 4. The predicted molar refractivity (Wildman–Crippen MR) is 101 cm³/mol. The van der Waals surface area contributed by atoms with Crippen LogP contribution in [0, 0.1) is 6.92 Å². The summed E-state index contributed by atoms with van der Waals surface area (Å²) in [6.45, 7) is 4.97. The molecule has 0 N–H and O–H groups in total. The Morgan fingerprint density at radius 1 is 1.15 bits per heavy atom. The van der Waals surface area contributed by atoms with Gasteiger partial charge in [0, 0.05) is 25.5 Å². The van der Waals surface area contributed by atoms with E-state index in [-0.39, 0.29) is 0 Å². The first kappa shape index (κ1) is 17.5. The third kappa shape index (κ3) is 3.63. The molecule has 0 radical (unpaired) electrons. The fraction of sp³-hybridized carbons (Fsp3) is 0.400. The van der Waals surface area contributed by atoms with Crippen molar-refractivity contribution < 1.29 is 9.26 Å². The van der Waals surface area contributed by atoms with Crippen LogP contribution in [-0.4, -0.2) is 27.2 Å². The highest BCUT2D eigenvalue weighted by Gasteiger charge is 2.22. The van der Waals surface area contributed by atoms with Gasteiger partial charge in [0.2, 0.25) is 5.89 Å². The van der Waals surface area contributed by atoms with Crippen molar-refractivity contribution in [1.82, 2.24) is 20.1 Å². The van der Waals surface area contributed by atoms with Gasteiger partial charge in [0.15, 0.2) is 5.82 Å². The van der Waals surface area contributed by atoms with Gasteiger partial charge in [0.25, 0.3) is 0 Å². The summed E-state index contributed by atoms with van der Waals surface area (Å²) in [5, 5.41) is 4.09. The third-order valence-corrected chi connectivity index (χ3v) is 4.60. The lowest BCUT2D eigenvalue weighted by molar-refractivity contribution is 0.301. The molecule has 0 saturated heterocycles. The van der Waals surface area contributed by atoms with E-state index in [1.54, 1.807) is 0 Å². The van der Waals surface area contributed by atoms with Gasteiger partial charge in [0.1, 0.15) is 24.0 Å². The van der Waals surface area contributed by atoms with E-state index in [1.807, 2.05) is 32.2 Å². The smallest absolute Gasteiger partial charge is 0.226 e. The van der Waals surface area contributed by atoms with Crippen molar-refractivity contribution in [3.63, 3.8) is 0 Å². The van der Waals surface area contributed by atoms with Crippen LogP contribution in [0.2, 0.25) is 0 Å². The number of ether oxygens (including phenoxy) is 1. The molecule has 3 aromatic rings. The molecule has 27 heavy (non-hydrogen) atoms. The fourth-order valence-electron chi connectivity index (χ4n) is 3.34. The molecule has 1 aliphatic rings. The van der Waals surface area contributed by atoms with Crippen LogP contribution in [0.1, 0.15) is 47.7 Å². The third-order valence-electron chi connectivity index (χ3n) is 4.60. The summed E-state index contributed by atoms with van der Waals surface area (Å²) in [4.78, 5) is 15.9. The fourth-order valence-corrected chi connectivity index (χ4v) is 3.34. The monoisotopic (exact) mass is 365 g/mol. The van der Waals surface area contributed by atoms with Crippen LogP contribution in [0.4, 0.5) is 5.82 Å². The molecule has 2 aromatic heterocycles. The van der Waals surface area contributed by atoms with Gasteiger partial charge in [-0.3, -0.25) is 0 Å². The highest BCUT2D eigenvalue weighted by atomic mass is 16.5. The molecule has 0 aliphatic carbocycles. The summed E-state index contributed by atoms with van der Waals surface area (Å²) in [7, 11) is 2.00. The predicted octanol–water partition coefficient (Wildman–Crippen LogP) is 3.24. The number of rotatable bonds is 5. The summed E-state index contributed by atoms with van der Waals surface area (Å²) in [6, 6.07) is 8.10. The van der Waals surface area contributed by atoms with Gasteiger partial charge >= 0.3 is 0 Å². The zero-order chi connectivity index (χ0) is 18.8. The number of hydrogen-bond acceptors (Lipinski definition) is 7. The molecule has 140 valence electrons. The van der Waals surface area contributed by atoms with Crippen LogP contribution < -0.4 is 9.64 Å². The molecule has 3 heterocycles. The molecule has 0 unspecified atom stereocenters. The van der Waals surface area contributed by atoms with E-state index in [0.717, 1.165) is 53.5 Å². The van der Waals surface area contributed by atoms with E-state index in [0.29, 0.717) is 24.9 Å². The lowest BCUT2D eigenvalue weighted by Gasteiger charge is -2.21. The van der Waals surface area contributed by atoms with E-state index in [4.69, 9.17) is 14.2 Å². The van der Waals surface area contributed by atoms with Crippen LogP contribution in [0.5, 0.6) is 5.75 Å². The average Bonchev–Trinajstić information content (AvgIpc) is 3.00. The minimum atomic E-state index is 0.444. The largest absolute Gasteiger partial charge is 0.487 e.